The average Bonchev–Trinajstić information content (AvgIpc) is 2.47. The first-order chi connectivity index (χ1) is 10.1. The van der Waals surface area contributed by atoms with E-state index in [0.717, 1.165) is 10.9 Å². The largest absolute Gasteiger partial charge is 0.491 e. The standard InChI is InChI=1S/C15H14BrClN2O2/c1-2-7-21-14-6-4-11(17)8-13(14)19-15(20)12-5-3-10(16)9-18-12/h3-6,8-9H,2,7H2,1H3,(H,19,20). The van der Waals surface area contributed by atoms with Gasteiger partial charge in [0.25, 0.3) is 5.91 Å². The highest BCUT2D eigenvalue weighted by Gasteiger charge is 2.11. The number of anilines is 1. The molecule has 0 fully saturated rings. The summed E-state index contributed by atoms with van der Waals surface area (Å²) in [6, 6.07) is 8.51. The number of amides is 1. The Morgan fingerprint density at radius 2 is 2.19 bits per heavy atom. The molecule has 1 N–H and O–H groups in total. The number of nitrogens with zero attached hydrogens (tertiary/aromatic N) is 1. The second-order valence-corrected chi connectivity index (χ2v) is 5.66. The van der Waals surface area contributed by atoms with Crippen molar-refractivity contribution in [2.24, 2.45) is 0 Å². The predicted octanol–water partition coefficient (Wildman–Crippen LogP) is 4.54. The molecular formula is C15H14BrClN2O2. The summed E-state index contributed by atoms with van der Waals surface area (Å²) >= 11 is 9.25. The van der Waals surface area contributed by atoms with E-state index in [9.17, 15) is 4.79 Å². The molecular weight excluding hydrogens is 356 g/mol. The number of halogens is 2. The lowest BCUT2D eigenvalue weighted by Crippen LogP contribution is -2.14. The number of ether oxygens (including phenoxy) is 1. The number of nitrogens with one attached hydrogen (secondary N) is 1. The number of hydrogen-bond acceptors (Lipinski definition) is 3. The SMILES string of the molecule is CCCOc1ccc(Cl)cc1NC(=O)c1ccc(Br)cn1. The van der Waals surface area contributed by atoms with Crippen LogP contribution >= 0.6 is 27.5 Å². The maximum absolute atomic E-state index is 12.2. The van der Waals surface area contributed by atoms with E-state index in [4.69, 9.17) is 16.3 Å². The summed E-state index contributed by atoms with van der Waals surface area (Å²) in [5.74, 6) is 0.276. The Balaban J connectivity index is 2.19. The highest BCUT2D eigenvalue weighted by molar-refractivity contribution is 9.10. The monoisotopic (exact) mass is 368 g/mol. The Kier molecular flexibility index (Phi) is 5.59. The molecule has 1 amide bonds. The van der Waals surface area contributed by atoms with Crippen molar-refractivity contribution >= 4 is 39.1 Å². The van der Waals surface area contributed by atoms with Gasteiger partial charge in [-0.25, -0.2) is 4.98 Å². The zero-order chi connectivity index (χ0) is 15.2. The number of aromatic nitrogens is 1. The third kappa shape index (κ3) is 4.44. The van der Waals surface area contributed by atoms with Crippen molar-refractivity contribution < 1.29 is 9.53 Å². The molecule has 4 nitrogen and oxygen atoms in total. The third-order valence-electron chi connectivity index (χ3n) is 2.61. The molecule has 0 radical (unpaired) electrons. The quantitative estimate of drug-likeness (QED) is 0.842. The van der Waals surface area contributed by atoms with Crippen molar-refractivity contribution in [1.82, 2.24) is 4.98 Å². The molecule has 0 bridgehead atoms. The van der Waals surface area contributed by atoms with Crippen LogP contribution in [0.25, 0.3) is 0 Å². The summed E-state index contributed by atoms with van der Waals surface area (Å²) in [6.45, 7) is 2.58. The lowest BCUT2D eigenvalue weighted by atomic mass is 10.2. The minimum Gasteiger partial charge on any atom is -0.491 e. The first-order valence-electron chi connectivity index (χ1n) is 6.45. The van der Waals surface area contributed by atoms with Gasteiger partial charge >= 0.3 is 0 Å². The van der Waals surface area contributed by atoms with Crippen molar-refractivity contribution in [3.8, 4) is 5.75 Å². The fourth-order valence-electron chi connectivity index (χ4n) is 1.63. The molecule has 1 heterocycles. The first-order valence-corrected chi connectivity index (χ1v) is 7.62. The zero-order valence-electron chi connectivity index (χ0n) is 11.4. The van der Waals surface area contributed by atoms with Gasteiger partial charge in [0.1, 0.15) is 11.4 Å². The molecule has 0 aliphatic rings. The molecule has 2 aromatic rings. The Bertz CT molecular complexity index is 632. The van der Waals surface area contributed by atoms with Gasteiger partial charge in [-0.2, -0.15) is 0 Å². The van der Waals surface area contributed by atoms with E-state index in [1.165, 1.54) is 0 Å². The predicted molar refractivity (Wildman–Crippen MR) is 87.1 cm³/mol. The molecule has 6 heteroatoms. The van der Waals surface area contributed by atoms with Crippen molar-refractivity contribution in [3.05, 3.63) is 51.7 Å². The van der Waals surface area contributed by atoms with E-state index < -0.39 is 0 Å². The molecule has 21 heavy (non-hydrogen) atoms. The van der Waals surface area contributed by atoms with E-state index in [1.807, 2.05) is 6.92 Å². The van der Waals surface area contributed by atoms with Gasteiger partial charge in [0.05, 0.1) is 12.3 Å². The minimum atomic E-state index is -0.314. The Morgan fingerprint density at radius 3 is 2.86 bits per heavy atom. The van der Waals surface area contributed by atoms with Crippen LogP contribution in [0.3, 0.4) is 0 Å². The van der Waals surface area contributed by atoms with Crippen molar-refractivity contribution in [2.75, 3.05) is 11.9 Å². The van der Waals surface area contributed by atoms with Gasteiger partial charge in [-0.1, -0.05) is 18.5 Å². The minimum absolute atomic E-state index is 0.314. The third-order valence-corrected chi connectivity index (χ3v) is 3.32. The molecule has 0 aliphatic carbocycles. The topological polar surface area (TPSA) is 51.2 Å². The summed E-state index contributed by atoms with van der Waals surface area (Å²) in [6.07, 6.45) is 2.45. The number of hydrogen-bond donors (Lipinski definition) is 1. The van der Waals surface area contributed by atoms with Gasteiger partial charge < -0.3 is 10.1 Å². The van der Waals surface area contributed by atoms with E-state index in [2.05, 4.69) is 26.2 Å². The molecule has 0 saturated carbocycles. The van der Waals surface area contributed by atoms with Gasteiger partial charge in [-0.15, -0.1) is 0 Å². The second-order valence-electron chi connectivity index (χ2n) is 4.30. The van der Waals surface area contributed by atoms with Gasteiger partial charge in [-0.3, -0.25) is 4.79 Å². The van der Waals surface area contributed by atoms with Gasteiger partial charge in [0.2, 0.25) is 0 Å². The second kappa shape index (κ2) is 7.43. The van der Waals surface area contributed by atoms with Crippen LogP contribution in [0.15, 0.2) is 41.0 Å². The van der Waals surface area contributed by atoms with Crippen LogP contribution in [0.2, 0.25) is 5.02 Å². The fourth-order valence-corrected chi connectivity index (χ4v) is 2.04. The number of carbonyl (C=O) groups excluding carboxylic acids is 1. The van der Waals surface area contributed by atoms with Gasteiger partial charge in [0.15, 0.2) is 0 Å². The van der Waals surface area contributed by atoms with Crippen LogP contribution in [0.5, 0.6) is 5.75 Å². The molecule has 0 saturated heterocycles. The smallest absolute Gasteiger partial charge is 0.274 e. The highest BCUT2D eigenvalue weighted by atomic mass is 79.9. The number of rotatable bonds is 5. The Hall–Kier alpha value is -1.59. The summed E-state index contributed by atoms with van der Waals surface area (Å²) in [5.41, 5.74) is 0.852. The van der Waals surface area contributed by atoms with Crippen LogP contribution in [0.4, 0.5) is 5.69 Å². The number of carbonyl (C=O) groups is 1. The zero-order valence-corrected chi connectivity index (χ0v) is 13.7. The molecule has 1 aromatic carbocycles. The first kappa shape index (κ1) is 15.8. The molecule has 0 unspecified atom stereocenters. The maximum atomic E-state index is 12.2. The number of benzene rings is 1. The maximum Gasteiger partial charge on any atom is 0.274 e. The number of pyridine rings is 1. The van der Waals surface area contributed by atoms with E-state index in [0.29, 0.717) is 28.8 Å². The van der Waals surface area contributed by atoms with E-state index >= 15 is 0 Å². The Morgan fingerprint density at radius 1 is 1.38 bits per heavy atom. The molecule has 1 aromatic heterocycles. The molecule has 110 valence electrons. The van der Waals surface area contributed by atoms with Gasteiger partial charge in [0, 0.05) is 15.7 Å². The van der Waals surface area contributed by atoms with Crippen LogP contribution in [0, 0.1) is 0 Å². The molecule has 0 atom stereocenters. The average molecular weight is 370 g/mol. The van der Waals surface area contributed by atoms with Gasteiger partial charge in [-0.05, 0) is 52.7 Å². The highest BCUT2D eigenvalue weighted by Crippen LogP contribution is 2.28. The van der Waals surface area contributed by atoms with Crippen LogP contribution in [0.1, 0.15) is 23.8 Å². The van der Waals surface area contributed by atoms with E-state index in [1.54, 1.807) is 36.5 Å². The molecule has 0 spiro atoms. The normalized spacial score (nSPS) is 10.2. The van der Waals surface area contributed by atoms with Crippen LogP contribution in [-0.2, 0) is 0 Å². The summed E-state index contributed by atoms with van der Waals surface area (Å²) < 4.78 is 6.41. The Labute approximate surface area is 136 Å². The van der Waals surface area contributed by atoms with E-state index in [-0.39, 0.29) is 5.91 Å². The summed E-state index contributed by atoms with van der Waals surface area (Å²) in [7, 11) is 0. The summed E-state index contributed by atoms with van der Waals surface area (Å²) in [5, 5.41) is 3.30. The molecule has 0 aliphatic heterocycles. The van der Waals surface area contributed by atoms with Crippen LogP contribution < -0.4 is 10.1 Å². The van der Waals surface area contributed by atoms with Crippen molar-refractivity contribution in [2.45, 2.75) is 13.3 Å². The summed E-state index contributed by atoms with van der Waals surface area (Å²) in [4.78, 5) is 16.2. The lowest BCUT2D eigenvalue weighted by Gasteiger charge is -2.12. The lowest BCUT2D eigenvalue weighted by molar-refractivity contribution is 0.102. The fraction of sp³-hybridized carbons (Fsp3) is 0.200. The molecule has 2 rings (SSSR count). The van der Waals surface area contributed by atoms with Crippen molar-refractivity contribution in [3.63, 3.8) is 0 Å². The van der Waals surface area contributed by atoms with Crippen molar-refractivity contribution in [1.29, 1.82) is 0 Å². The van der Waals surface area contributed by atoms with Crippen LogP contribution in [-0.4, -0.2) is 17.5 Å².